The molecule has 0 saturated carbocycles. The molecular weight excluding hydrogens is 298 g/mol. The van der Waals surface area contributed by atoms with Crippen LogP contribution in [0.5, 0.6) is 0 Å². The number of nitrogens with zero attached hydrogens (tertiary/aromatic N) is 3. The van der Waals surface area contributed by atoms with Crippen LogP contribution in [0.1, 0.15) is 30.5 Å². The van der Waals surface area contributed by atoms with E-state index in [2.05, 4.69) is 20.9 Å². The van der Waals surface area contributed by atoms with Gasteiger partial charge < -0.3 is 4.42 Å². The van der Waals surface area contributed by atoms with Gasteiger partial charge in [-0.1, -0.05) is 17.7 Å². The smallest absolute Gasteiger partial charge is 0.209 e. The van der Waals surface area contributed by atoms with E-state index in [1.807, 2.05) is 36.5 Å². The van der Waals surface area contributed by atoms with E-state index in [9.17, 15) is 0 Å². The lowest BCUT2D eigenvalue weighted by molar-refractivity contribution is 0.222. The van der Waals surface area contributed by atoms with E-state index in [1.54, 1.807) is 0 Å². The average molecular weight is 314 g/mol. The molecule has 1 aliphatic heterocycles. The third-order valence-electron chi connectivity index (χ3n) is 4.13. The molecule has 4 nitrogen and oxygen atoms in total. The number of rotatable bonds is 3. The van der Waals surface area contributed by atoms with Gasteiger partial charge in [-0.05, 0) is 49.7 Å². The van der Waals surface area contributed by atoms with E-state index in [0.29, 0.717) is 17.6 Å². The lowest BCUT2D eigenvalue weighted by Crippen LogP contribution is -2.23. The summed E-state index contributed by atoms with van der Waals surface area (Å²) in [6.07, 6.45) is 4.16. The lowest BCUT2D eigenvalue weighted by atomic mass is 10.1. The first-order valence-electron chi connectivity index (χ1n) is 7.49. The van der Waals surface area contributed by atoms with Crippen molar-refractivity contribution >= 4 is 22.7 Å². The lowest BCUT2D eigenvalue weighted by Gasteiger charge is -2.22. The molecule has 112 valence electrons. The van der Waals surface area contributed by atoms with E-state index >= 15 is 0 Å². The normalized spacial score (nSPS) is 19.0. The summed E-state index contributed by atoms with van der Waals surface area (Å²) in [5.41, 5.74) is 2.73. The Morgan fingerprint density at radius 3 is 3.09 bits per heavy atom. The molecule has 4 rings (SSSR count). The molecule has 22 heavy (non-hydrogen) atoms. The predicted molar refractivity (Wildman–Crippen MR) is 85.6 cm³/mol. The minimum absolute atomic E-state index is 0.347. The van der Waals surface area contributed by atoms with Gasteiger partial charge in [0.2, 0.25) is 5.89 Å². The standard InChI is InChI=1S/C17H16ClN3O/c18-12-6-7-16-14(10-12)20-17(22-16)11-21-9-3-5-15(21)13-4-1-2-8-19-13/h1-2,4,6-8,10,15H,3,5,9,11H2. The summed E-state index contributed by atoms with van der Waals surface area (Å²) < 4.78 is 5.84. The molecule has 1 unspecified atom stereocenters. The van der Waals surface area contributed by atoms with E-state index in [0.717, 1.165) is 35.6 Å². The molecule has 5 heteroatoms. The number of benzene rings is 1. The second-order valence-electron chi connectivity index (χ2n) is 5.60. The summed E-state index contributed by atoms with van der Waals surface area (Å²) >= 11 is 6.00. The van der Waals surface area contributed by atoms with Gasteiger partial charge >= 0.3 is 0 Å². The van der Waals surface area contributed by atoms with Gasteiger partial charge in [0.25, 0.3) is 0 Å². The van der Waals surface area contributed by atoms with Crippen molar-refractivity contribution in [1.82, 2.24) is 14.9 Å². The SMILES string of the molecule is Clc1ccc2oc(CN3CCCC3c3ccccn3)nc2c1. The zero-order valence-corrected chi connectivity index (χ0v) is 12.8. The van der Waals surface area contributed by atoms with Crippen LogP contribution in [0, 0.1) is 0 Å². The first-order chi connectivity index (χ1) is 10.8. The number of hydrogen-bond donors (Lipinski definition) is 0. The van der Waals surface area contributed by atoms with E-state index in [4.69, 9.17) is 16.0 Å². The minimum Gasteiger partial charge on any atom is -0.439 e. The molecule has 1 aromatic carbocycles. The topological polar surface area (TPSA) is 42.2 Å². The van der Waals surface area contributed by atoms with Crippen molar-refractivity contribution in [2.24, 2.45) is 0 Å². The molecule has 1 saturated heterocycles. The van der Waals surface area contributed by atoms with Crippen LogP contribution in [0.4, 0.5) is 0 Å². The van der Waals surface area contributed by atoms with Crippen LogP contribution < -0.4 is 0 Å². The van der Waals surface area contributed by atoms with Crippen LogP contribution in [0.15, 0.2) is 47.0 Å². The summed E-state index contributed by atoms with van der Waals surface area (Å²) in [6.45, 7) is 1.74. The highest BCUT2D eigenvalue weighted by atomic mass is 35.5. The van der Waals surface area contributed by atoms with Gasteiger partial charge in [0.1, 0.15) is 5.52 Å². The Bertz CT molecular complexity index is 787. The first kappa shape index (κ1) is 13.7. The number of hydrogen-bond acceptors (Lipinski definition) is 4. The molecule has 1 atom stereocenters. The highest BCUT2D eigenvalue weighted by Crippen LogP contribution is 2.32. The van der Waals surface area contributed by atoms with Crippen LogP contribution in [0.3, 0.4) is 0 Å². The zero-order valence-electron chi connectivity index (χ0n) is 12.1. The molecule has 0 radical (unpaired) electrons. The molecule has 3 aromatic rings. The largest absolute Gasteiger partial charge is 0.439 e. The highest BCUT2D eigenvalue weighted by molar-refractivity contribution is 6.31. The number of halogens is 1. The molecule has 0 bridgehead atoms. The molecule has 0 aliphatic carbocycles. The predicted octanol–water partition coefficient (Wildman–Crippen LogP) is 4.21. The average Bonchev–Trinajstić information content (AvgIpc) is 3.14. The quantitative estimate of drug-likeness (QED) is 0.726. The van der Waals surface area contributed by atoms with Crippen molar-refractivity contribution in [1.29, 1.82) is 0 Å². The van der Waals surface area contributed by atoms with Gasteiger partial charge in [-0.2, -0.15) is 0 Å². The maximum absolute atomic E-state index is 6.00. The van der Waals surface area contributed by atoms with Crippen LogP contribution in [-0.4, -0.2) is 21.4 Å². The number of oxazole rings is 1. The van der Waals surface area contributed by atoms with Crippen molar-refractivity contribution in [3.63, 3.8) is 0 Å². The summed E-state index contributed by atoms with van der Waals surface area (Å²) in [6, 6.07) is 12.0. The number of fused-ring (bicyclic) bond motifs is 1. The van der Waals surface area contributed by atoms with Crippen molar-refractivity contribution in [2.45, 2.75) is 25.4 Å². The third-order valence-corrected chi connectivity index (χ3v) is 4.36. The monoisotopic (exact) mass is 313 g/mol. The van der Waals surface area contributed by atoms with Crippen LogP contribution in [0.25, 0.3) is 11.1 Å². The maximum Gasteiger partial charge on any atom is 0.209 e. The van der Waals surface area contributed by atoms with Crippen LogP contribution >= 0.6 is 11.6 Å². The highest BCUT2D eigenvalue weighted by Gasteiger charge is 2.28. The summed E-state index contributed by atoms with van der Waals surface area (Å²) in [5.74, 6) is 0.736. The molecule has 3 heterocycles. The maximum atomic E-state index is 6.00. The summed E-state index contributed by atoms with van der Waals surface area (Å²) in [5, 5.41) is 0.680. The second-order valence-corrected chi connectivity index (χ2v) is 6.04. The van der Waals surface area contributed by atoms with E-state index < -0.39 is 0 Å². The second kappa shape index (κ2) is 5.71. The summed E-state index contributed by atoms with van der Waals surface area (Å²) in [7, 11) is 0. The van der Waals surface area contributed by atoms with Gasteiger partial charge in [0.15, 0.2) is 5.58 Å². The van der Waals surface area contributed by atoms with Crippen molar-refractivity contribution in [3.8, 4) is 0 Å². The van der Waals surface area contributed by atoms with Crippen molar-refractivity contribution < 1.29 is 4.42 Å². The summed E-state index contributed by atoms with van der Waals surface area (Å²) in [4.78, 5) is 11.4. The first-order valence-corrected chi connectivity index (χ1v) is 7.87. The van der Waals surface area contributed by atoms with Gasteiger partial charge in [-0.25, -0.2) is 4.98 Å². The van der Waals surface area contributed by atoms with Crippen molar-refractivity contribution in [3.05, 3.63) is 59.2 Å². The molecule has 0 N–H and O–H groups in total. The van der Waals surface area contributed by atoms with Crippen LogP contribution in [-0.2, 0) is 6.54 Å². The fourth-order valence-corrected chi connectivity index (χ4v) is 3.28. The van der Waals surface area contributed by atoms with Gasteiger partial charge in [0.05, 0.1) is 18.3 Å². The fraction of sp³-hybridized carbons (Fsp3) is 0.294. The Kier molecular flexibility index (Phi) is 3.56. The van der Waals surface area contributed by atoms with Gasteiger partial charge in [0, 0.05) is 11.2 Å². The van der Waals surface area contributed by atoms with Crippen molar-refractivity contribution in [2.75, 3.05) is 6.54 Å². The fourth-order valence-electron chi connectivity index (χ4n) is 3.11. The Morgan fingerprint density at radius 1 is 1.27 bits per heavy atom. The number of likely N-dealkylation sites (tertiary alicyclic amines) is 1. The Balaban J connectivity index is 1.58. The van der Waals surface area contributed by atoms with E-state index in [1.165, 1.54) is 6.42 Å². The third kappa shape index (κ3) is 2.60. The molecule has 1 aliphatic rings. The van der Waals surface area contributed by atoms with Crippen LogP contribution in [0.2, 0.25) is 5.02 Å². The minimum atomic E-state index is 0.347. The molecule has 0 amide bonds. The zero-order chi connectivity index (χ0) is 14.9. The molecule has 1 fully saturated rings. The Hall–Kier alpha value is -1.91. The Morgan fingerprint density at radius 2 is 2.23 bits per heavy atom. The molecule has 2 aromatic heterocycles. The molecule has 0 spiro atoms. The number of aromatic nitrogens is 2. The molecular formula is C17H16ClN3O. The van der Waals surface area contributed by atoms with Gasteiger partial charge in [-0.15, -0.1) is 0 Å². The van der Waals surface area contributed by atoms with Gasteiger partial charge in [-0.3, -0.25) is 9.88 Å². The number of pyridine rings is 1. The Labute approximate surface area is 133 Å². The van der Waals surface area contributed by atoms with E-state index in [-0.39, 0.29) is 0 Å².